The number of carbonyl (C=O) groups is 1. The van der Waals surface area contributed by atoms with Gasteiger partial charge in [0.1, 0.15) is 5.75 Å². The van der Waals surface area contributed by atoms with Gasteiger partial charge in [-0.3, -0.25) is 4.79 Å². The molecule has 5 heteroatoms. The Morgan fingerprint density at radius 3 is 2.57 bits per heavy atom. The Morgan fingerprint density at radius 2 is 1.96 bits per heavy atom. The number of amides is 1. The normalized spacial score (nSPS) is 20.8. The molecule has 2 rings (SSSR count). The van der Waals surface area contributed by atoms with Crippen LogP contribution >= 0.6 is 12.4 Å². The summed E-state index contributed by atoms with van der Waals surface area (Å²) in [4.78, 5) is 14.3. The first kappa shape index (κ1) is 19.8. The van der Waals surface area contributed by atoms with Crippen molar-refractivity contribution < 1.29 is 9.53 Å². The van der Waals surface area contributed by atoms with E-state index in [0.29, 0.717) is 25.5 Å². The molecule has 0 saturated carbocycles. The maximum atomic E-state index is 12.4. The molecule has 1 heterocycles. The average molecular weight is 341 g/mol. The number of benzene rings is 1. The Hall–Kier alpha value is -1.26. The van der Waals surface area contributed by atoms with Crippen LogP contribution in [0.1, 0.15) is 37.3 Å². The van der Waals surface area contributed by atoms with Crippen LogP contribution in [0.15, 0.2) is 18.2 Å². The minimum absolute atomic E-state index is 0. The molecule has 0 aliphatic carbocycles. The third-order valence-corrected chi connectivity index (χ3v) is 4.35. The summed E-state index contributed by atoms with van der Waals surface area (Å²) in [7, 11) is 0. The molecule has 1 aromatic carbocycles. The Kier molecular flexibility index (Phi) is 7.86. The summed E-state index contributed by atoms with van der Waals surface area (Å²) in [5.74, 6) is 1.66. The maximum absolute atomic E-state index is 12.4. The standard InChI is InChI=1S/C18H28N2O2.ClH/c1-13-4-6-20(16(9-13)12-19)18(21)5-7-22-17-10-14(2)8-15(3)11-17;/h8,10-11,13,16H,4-7,9,12,19H2,1-3H3;1H. The van der Waals surface area contributed by atoms with Crippen LogP contribution in [0.25, 0.3) is 0 Å². The smallest absolute Gasteiger partial charge is 0.226 e. The molecule has 1 amide bonds. The molecular weight excluding hydrogens is 312 g/mol. The number of hydrogen-bond acceptors (Lipinski definition) is 3. The van der Waals surface area contributed by atoms with Crippen LogP contribution in [0.4, 0.5) is 0 Å². The molecule has 1 fully saturated rings. The molecule has 4 nitrogen and oxygen atoms in total. The van der Waals surface area contributed by atoms with Gasteiger partial charge in [-0.25, -0.2) is 0 Å². The molecule has 23 heavy (non-hydrogen) atoms. The van der Waals surface area contributed by atoms with E-state index in [1.807, 2.05) is 30.9 Å². The highest BCUT2D eigenvalue weighted by molar-refractivity contribution is 5.85. The van der Waals surface area contributed by atoms with Gasteiger partial charge in [-0.15, -0.1) is 12.4 Å². The Bertz CT molecular complexity index is 501. The Labute approximate surface area is 145 Å². The van der Waals surface area contributed by atoms with Crippen molar-refractivity contribution in [1.82, 2.24) is 4.90 Å². The van der Waals surface area contributed by atoms with Crippen LogP contribution in [0.2, 0.25) is 0 Å². The van der Waals surface area contributed by atoms with E-state index in [1.165, 1.54) is 11.1 Å². The number of carbonyl (C=O) groups excluding carboxylic acids is 1. The van der Waals surface area contributed by atoms with Crippen molar-refractivity contribution in [2.75, 3.05) is 19.7 Å². The van der Waals surface area contributed by atoms with Crippen molar-refractivity contribution in [3.8, 4) is 5.75 Å². The van der Waals surface area contributed by atoms with Gasteiger partial charge in [0.15, 0.2) is 0 Å². The summed E-state index contributed by atoms with van der Waals surface area (Å²) in [6.45, 7) is 8.12. The second-order valence-electron chi connectivity index (χ2n) is 6.53. The summed E-state index contributed by atoms with van der Waals surface area (Å²) < 4.78 is 5.74. The molecule has 0 radical (unpaired) electrons. The van der Waals surface area contributed by atoms with E-state index in [0.717, 1.165) is 25.1 Å². The topological polar surface area (TPSA) is 55.6 Å². The molecule has 0 aromatic heterocycles. The van der Waals surface area contributed by atoms with Gasteiger partial charge in [0.05, 0.1) is 13.0 Å². The predicted octanol–water partition coefficient (Wildman–Crippen LogP) is 3.08. The lowest BCUT2D eigenvalue weighted by molar-refractivity contribution is -0.135. The molecule has 1 aliphatic heterocycles. The molecule has 1 saturated heterocycles. The number of piperidine rings is 1. The lowest BCUT2D eigenvalue weighted by Crippen LogP contribution is -2.49. The van der Waals surface area contributed by atoms with Crippen LogP contribution in [0.3, 0.4) is 0 Å². The molecule has 2 unspecified atom stereocenters. The lowest BCUT2D eigenvalue weighted by Gasteiger charge is -2.38. The summed E-state index contributed by atoms with van der Waals surface area (Å²) in [5, 5.41) is 0. The number of likely N-dealkylation sites (tertiary alicyclic amines) is 1. The van der Waals surface area contributed by atoms with E-state index >= 15 is 0 Å². The number of ether oxygens (including phenoxy) is 1. The van der Waals surface area contributed by atoms with Gasteiger partial charge in [0.25, 0.3) is 0 Å². The van der Waals surface area contributed by atoms with E-state index in [4.69, 9.17) is 10.5 Å². The van der Waals surface area contributed by atoms with Gasteiger partial charge in [0.2, 0.25) is 5.91 Å². The maximum Gasteiger partial charge on any atom is 0.226 e. The first-order valence-electron chi connectivity index (χ1n) is 8.20. The third-order valence-electron chi connectivity index (χ3n) is 4.35. The highest BCUT2D eigenvalue weighted by Gasteiger charge is 2.28. The summed E-state index contributed by atoms with van der Waals surface area (Å²) in [6, 6.07) is 6.31. The molecule has 130 valence electrons. The van der Waals surface area contributed by atoms with Crippen molar-refractivity contribution >= 4 is 18.3 Å². The number of rotatable bonds is 5. The van der Waals surface area contributed by atoms with Crippen molar-refractivity contribution in [1.29, 1.82) is 0 Å². The van der Waals surface area contributed by atoms with Crippen molar-refractivity contribution in [3.05, 3.63) is 29.3 Å². The molecule has 1 aliphatic rings. The number of nitrogens with zero attached hydrogens (tertiary/aromatic N) is 1. The fourth-order valence-electron chi connectivity index (χ4n) is 3.22. The number of halogens is 1. The van der Waals surface area contributed by atoms with Crippen LogP contribution in [-0.4, -0.2) is 36.5 Å². The van der Waals surface area contributed by atoms with E-state index in [-0.39, 0.29) is 24.4 Å². The third kappa shape index (κ3) is 5.70. The van der Waals surface area contributed by atoms with Gasteiger partial charge in [-0.05, 0) is 55.9 Å². The molecule has 0 spiro atoms. The quantitative estimate of drug-likeness (QED) is 0.896. The van der Waals surface area contributed by atoms with E-state index in [2.05, 4.69) is 13.0 Å². The van der Waals surface area contributed by atoms with E-state index < -0.39 is 0 Å². The van der Waals surface area contributed by atoms with Gasteiger partial charge in [-0.2, -0.15) is 0 Å². The minimum atomic E-state index is 0. The fraction of sp³-hybridized carbons (Fsp3) is 0.611. The molecule has 2 N–H and O–H groups in total. The van der Waals surface area contributed by atoms with Crippen molar-refractivity contribution in [2.45, 2.75) is 46.1 Å². The van der Waals surface area contributed by atoms with E-state index in [1.54, 1.807) is 0 Å². The average Bonchev–Trinajstić information content (AvgIpc) is 2.45. The zero-order chi connectivity index (χ0) is 16.1. The summed E-state index contributed by atoms with van der Waals surface area (Å²) in [6.07, 6.45) is 2.50. The number of aryl methyl sites for hydroxylation is 2. The second kappa shape index (κ2) is 9.14. The first-order valence-corrected chi connectivity index (χ1v) is 8.20. The zero-order valence-electron chi connectivity index (χ0n) is 14.4. The molecule has 1 aromatic rings. The lowest BCUT2D eigenvalue weighted by atomic mass is 9.92. The fourth-order valence-corrected chi connectivity index (χ4v) is 3.22. The molecular formula is C18H29ClN2O2. The summed E-state index contributed by atoms with van der Waals surface area (Å²) in [5.41, 5.74) is 8.17. The molecule has 0 bridgehead atoms. The SMILES string of the molecule is Cc1cc(C)cc(OCCC(=O)N2CCC(C)CC2CN)c1.Cl. The van der Waals surface area contributed by atoms with Crippen molar-refractivity contribution in [2.24, 2.45) is 11.7 Å². The Morgan fingerprint density at radius 1 is 1.30 bits per heavy atom. The monoisotopic (exact) mass is 340 g/mol. The molecule has 2 atom stereocenters. The Balaban J connectivity index is 0.00000264. The van der Waals surface area contributed by atoms with Crippen LogP contribution in [-0.2, 0) is 4.79 Å². The predicted molar refractivity (Wildman–Crippen MR) is 96.2 cm³/mol. The summed E-state index contributed by atoms with van der Waals surface area (Å²) >= 11 is 0. The van der Waals surface area contributed by atoms with Crippen LogP contribution in [0.5, 0.6) is 5.75 Å². The van der Waals surface area contributed by atoms with Gasteiger partial charge < -0.3 is 15.4 Å². The number of hydrogen-bond donors (Lipinski definition) is 1. The number of nitrogens with two attached hydrogens (primary N) is 1. The first-order chi connectivity index (χ1) is 10.5. The van der Waals surface area contributed by atoms with Gasteiger partial charge in [-0.1, -0.05) is 13.0 Å². The largest absolute Gasteiger partial charge is 0.493 e. The minimum Gasteiger partial charge on any atom is -0.493 e. The van der Waals surface area contributed by atoms with Crippen molar-refractivity contribution in [3.63, 3.8) is 0 Å². The van der Waals surface area contributed by atoms with Crippen LogP contribution in [0, 0.1) is 19.8 Å². The highest BCUT2D eigenvalue weighted by atomic mass is 35.5. The zero-order valence-corrected chi connectivity index (χ0v) is 15.2. The van der Waals surface area contributed by atoms with E-state index in [9.17, 15) is 4.79 Å². The van der Waals surface area contributed by atoms with Crippen LogP contribution < -0.4 is 10.5 Å². The van der Waals surface area contributed by atoms with Gasteiger partial charge in [0, 0.05) is 19.1 Å². The highest BCUT2D eigenvalue weighted by Crippen LogP contribution is 2.22. The second-order valence-corrected chi connectivity index (χ2v) is 6.53. The van der Waals surface area contributed by atoms with Gasteiger partial charge >= 0.3 is 0 Å².